The SMILES string of the molecule is COC1=CCC(C(C)C=C(C)C=CC#CC(=O)NC(C(=O)NC=CCC(CC=C(C)Cl)O[Si](c2ccccc2)(c2ccccc2)C(C)(C)C)C(C)(C)C)OC1=O. The first-order valence-electron chi connectivity index (χ1n) is 19.1. The van der Waals surface area contributed by atoms with E-state index in [1.807, 2.05) is 71.9 Å². The molecule has 0 fully saturated rings. The molecular weight excluding hydrogens is 740 g/mol. The van der Waals surface area contributed by atoms with Crippen LogP contribution in [0.3, 0.4) is 0 Å². The molecule has 2 aromatic carbocycles. The van der Waals surface area contributed by atoms with E-state index in [1.165, 1.54) is 17.5 Å². The Morgan fingerprint density at radius 2 is 1.61 bits per heavy atom. The number of benzene rings is 2. The summed E-state index contributed by atoms with van der Waals surface area (Å²) < 4.78 is 17.9. The molecule has 1 aliphatic heterocycles. The highest BCUT2D eigenvalue weighted by atomic mass is 35.5. The molecule has 0 spiro atoms. The van der Waals surface area contributed by atoms with Gasteiger partial charge in [0, 0.05) is 17.4 Å². The fourth-order valence-corrected chi connectivity index (χ4v) is 11.4. The van der Waals surface area contributed by atoms with Crippen molar-refractivity contribution in [1.29, 1.82) is 0 Å². The van der Waals surface area contributed by atoms with Crippen molar-refractivity contribution in [2.45, 2.75) is 105 Å². The van der Waals surface area contributed by atoms with E-state index in [-0.39, 0.29) is 34.8 Å². The first kappa shape index (κ1) is 45.8. The van der Waals surface area contributed by atoms with Crippen LogP contribution in [0.2, 0.25) is 5.04 Å². The summed E-state index contributed by atoms with van der Waals surface area (Å²) in [6.07, 6.45) is 13.7. The van der Waals surface area contributed by atoms with Gasteiger partial charge in [0.05, 0.1) is 13.2 Å². The Kier molecular flexibility index (Phi) is 17.2. The average molecular weight is 800 g/mol. The first-order valence-corrected chi connectivity index (χ1v) is 21.4. The lowest BCUT2D eigenvalue weighted by atomic mass is 9.86. The van der Waals surface area contributed by atoms with Crippen LogP contribution in [0.1, 0.15) is 81.6 Å². The predicted octanol–water partition coefficient (Wildman–Crippen LogP) is 8.00. The van der Waals surface area contributed by atoms with Crippen LogP contribution >= 0.6 is 11.6 Å². The number of methoxy groups -OCH3 is 1. The van der Waals surface area contributed by atoms with E-state index in [0.717, 1.165) is 5.57 Å². The molecule has 0 aromatic heterocycles. The van der Waals surface area contributed by atoms with Crippen LogP contribution in [0.15, 0.2) is 120 Å². The number of esters is 1. The number of amides is 2. The minimum atomic E-state index is -2.85. The van der Waals surface area contributed by atoms with Crippen LogP contribution in [0.5, 0.6) is 0 Å². The Morgan fingerprint density at radius 3 is 2.12 bits per heavy atom. The summed E-state index contributed by atoms with van der Waals surface area (Å²) in [4.78, 5) is 38.4. The number of hydrogen-bond acceptors (Lipinski definition) is 6. The summed E-state index contributed by atoms with van der Waals surface area (Å²) in [7, 11) is -1.41. The maximum atomic E-state index is 13.5. The highest BCUT2D eigenvalue weighted by Gasteiger charge is 2.51. The topological polar surface area (TPSA) is 103 Å². The summed E-state index contributed by atoms with van der Waals surface area (Å²) >= 11 is 6.32. The molecule has 8 nitrogen and oxygen atoms in total. The number of allylic oxidation sites excluding steroid dienone is 4. The zero-order valence-electron chi connectivity index (χ0n) is 34.6. The molecular formula is C46H59ClN2O6Si. The highest BCUT2D eigenvalue weighted by molar-refractivity contribution is 6.99. The van der Waals surface area contributed by atoms with Crippen molar-refractivity contribution in [2.75, 3.05) is 7.11 Å². The Balaban J connectivity index is 1.71. The van der Waals surface area contributed by atoms with Gasteiger partial charge >= 0.3 is 5.97 Å². The number of halogens is 1. The molecule has 3 rings (SSSR count). The lowest BCUT2D eigenvalue weighted by Crippen LogP contribution is -2.67. The number of carbonyl (C=O) groups excluding carboxylic acids is 3. The average Bonchev–Trinajstić information content (AvgIpc) is 3.14. The fourth-order valence-electron chi connectivity index (χ4n) is 6.61. The first-order chi connectivity index (χ1) is 26.4. The number of rotatable bonds is 15. The number of ether oxygens (including phenoxy) is 2. The molecule has 10 heteroatoms. The van der Waals surface area contributed by atoms with Crippen LogP contribution < -0.4 is 21.0 Å². The molecule has 1 aliphatic rings. The second kappa shape index (κ2) is 21.1. The van der Waals surface area contributed by atoms with Crippen molar-refractivity contribution in [3.05, 3.63) is 120 Å². The normalized spacial score (nSPS) is 17.3. The summed E-state index contributed by atoms with van der Waals surface area (Å²) in [6.45, 7) is 18.1. The van der Waals surface area contributed by atoms with Crippen molar-refractivity contribution in [3.8, 4) is 11.8 Å². The second-order valence-corrected chi connectivity index (χ2v) is 21.0. The van der Waals surface area contributed by atoms with Gasteiger partial charge in [-0.25, -0.2) is 4.79 Å². The molecule has 2 amide bonds. The molecule has 4 atom stereocenters. The number of carbonyl (C=O) groups is 3. The monoisotopic (exact) mass is 798 g/mol. The van der Waals surface area contributed by atoms with Gasteiger partial charge in [0.25, 0.3) is 14.2 Å². The van der Waals surface area contributed by atoms with E-state index >= 15 is 0 Å². The summed E-state index contributed by atoms with van der Waals surface area (Å²) in [5.74, 6) is 4.11. The minimum Gasteiger partial charge on any atom is -0.490 e. The van der Waals surface area contributed by atoms with Crippen LogP contribution in [0.4, 0.5) is 0 Å². The van der Waals surface area contributed by atoms with Crippen molar-refractivity contribution in [3.63, 3.8) is 0 Å². The molecule has 56 heavy (non-hydrogen) atoms. The summed E-state index contributed by atoms with van der Waals surface area (Å²) in [6, 6.07) is 20.1. The van der Waals surface area contributed by atoms with Gasteiger partial charge in [0.2, 0.25) is 5.91 Å². The maximum absolute atomic E-state index is 13.5. The van der Waals surface area contributed by atoms with Crippen LogP contribution in [-0.4, -0.2) is 51.5 Å². The lowest BCUT2D eigenvalue weighted by molar-refractivity contribution is -0.151. The maximum Gasteiger partial charge on any atom is 0.373 e. The number of hydrogen-bond donors (Lipinski definition) is 2. The zero-order valence-corrected chi connectivity index (χ0v) is 36.3. The Morgan fingerprint density at radius 1 is 1.00 bits per heavy atom. The second-order valence-electron chi connectivity index (χ2n) is 16.2. The van der Waals surface area contributed by atoms with Gasteiger partial charge in [0.15, 0.2) is 5.76 Å². The number of nitrogens with one attached hydrogen (secondary N) is 2. The molecule has 300 valence electrons. The number of cyclic esters (lactones) is 1. The third kappa shape index (κ3) is 13.3. The van der Waals surface area contributed by atoms with Gasteiger partial charge in [-0.15, -0.1) is 0 Å². The molecule has 0 saturated carbocycles. The van der Waals surface area contributed by atoms with E-state index < -0.39 is 31.7 Å². The highest BCUT2D eigenvalue weighted by Crippen LogP contribution is 2.38. The summed E-state index contributed by atoms with van der Waals surface area (Å²) in [5, 5.41) is 8.50. The minimum absolute atomic E-state index is 0.0396. The zero-order chi connectivity index (χ0) is 41.5. The molecule has 2 aromatic rings. The largest absolute Gasteiger partial charge is 0.490 e. The third-order valence-electron chi connectivity index (χ3n) is 9.51. The van der Waals surface area contributed by atoms with E-state index in [9.17, 15) is 14.4 Å². The Bertz CT molecular complexity index is 1820. The molecule has 0 radical (unpaired) electrons. The smallest absolute Gasteiger partial charge is 0.373 e. The quantitative estimate of drug-likeness (QED) is 0.0820. The van der Waals surface area contributed by atoms with Gasteiger partial charge in [-0.05, 0) is 71.8 Å². The van der Waals surface area contributed by atoms with Gasteiger partial charge in [0.1, 0.15) is 12.1 Å². The van der Waals surface area contributed by atoms with E-state index in [4.69, 9.17) is 25.5 Å². The van der Waals surface area contributed by atoms with Gasteiger partial charge in [-0.2, -0.15) is 0 Å². The lowest BCUT2D eigenvalue weighted by Gasteiger charge is -2.45. The molecule has 0 bridgehead atoms. The van der Waals surface area contributed by atoms with Crippen molar-refractivity contribution in [1.82, 2.24) is 10.6 Å². The van der Waals surface area contributed by atoms with E-state index in [0.29, 0.717) is 24.3 Å². The van der Waals surface area contributed by atoms with Crippen LogP contribution in [0, 0.1) is 23.2 Å². The molecule has 1 heterocycles. The molecule has 4 unspecified atom stereocenters. The Hall–Kier alpha value is -4.62. The standard InChI is InChI=1S/C46H59ClN2O6Si/c1-33(32-34(2)39-29-30-40(53-10)44(52)54-39)20-17-18-26-41(50)49-42(45(4,5)6)43(51)48-31-19-21-36(28-27-35(3)47)55-56(46(7,8)9,37-22-13-11-14-23-37)38-24-15-12-16-25-38/h11-17,19-20,22-25,27,30-32,34,36,39,42H,21,28-29H2,1-10H3,(H,48,51)(H,49,50). The van der Waals surface area contributed by atoms with Crippen molar-refractivity contribution in [2.24, 2.45) is 11.3 Å². The van der Waals surface area contributed by atoms with Crippen LogP contribution in [-0.2, 0) is 28.3 Å². The van der Waals surface area contributed by atoms with E-state index in [2.05, 4.69) is 91.8 Å². The molecule has 2 N–H and O–H groups in total. The van der Waals surface area contributed by atoms with Crippen molar-refractivity contribution >= 4 is 48.1 Å². The van der Waals surface area contributed by atoms with Gasteiger partial charge in [-0.1, -0.05) is 157 Å². The third-order valence-corrected chi connectivity index (χ3v) is 14.8. The predicted molar refractivity (Wildman–Crippen MR) is 229 cm³/mol. The summed E-state index contributed by atoms with van der Waals surface area (Å²) in [5.41, 5.74) is 0.302. The fraction of sp³-hybridized carbons (Fsp3) is 0.413. The molecule has 0 saturated heterocycles. The molecule has 0 aliphatic carbocycles. The Labute approximate surface area is 340 Å². The van der Waals surface area contributed by atoms with E-state index in [1.54, 1.807) is 24.4 Å². The van der Waals surface area contributed by atoms with Gasteiger partial charge in [-0.3, -0.25) is 9.59 Å². The van der Waals surface area contributed by atoms with Crippen molar-refractivity contribution < 1.29 is 28.3 Å². The van der Waals surface area contributed by atoms with Crippen LogP contribution in [0.25, 0.3) is 0 Å². The van der Waals surface area contributed by atoms with Gasteiger partial charge < -0.3 is 24.5 Å².